The van der Waals surface area contributed by atoms with Crippen LogP contribution in [0.2, 0.25) is 0 Å². The van der Waals surface area contributed by atoms with Gasteiger partial charge in [0.15, 0.2) is 0 Å². The first-order valence-corrected chi connectivity index (χ1v) is 6.34. The van der Waals surface area contributed by atoms with Crippen LogP contribution in [0.25, 0.3) is 0 Å². The summed E-state index contributed by atoms with van der Waals surface area (Å²) < 4.78 is 5.68. The van der Waals surface area contributed by atoms with Gasteiger partial charge in [0, 0.05) is 12.3 Å². The molecule has 2 fully saturated rings. The van der Waals surface area contributed by atoms with Gasteiger partial charge >= 0.3 is 0 Å². The Labute approximate surface area is 95.5 Å². The van der Waals surface area contributed by atoms with Gasteiger partial charge in [-0.05, 0) is 32.1 Å². The van der Waals surface area contributed by atoms with Crippen molar-refractivity contribution >= 4 is 17.5 Å². The van der Waals surface area contributed by atoms with E-state index in [4.69, 9.17) is 16.3 Å². The molecule has 2 bridgehead atoms. The smallest absolute Gasteiger partial charge is 0.220 e. The molecule has 4 heteroatoms. The second kappa shape index (κ2) is 5.17. The molecule has 2 saturated heterocycles. The number of rotatable bonds is 5. The van der Waals surface area contributed by atoms with Gasteiger partial charge in [-0.15, -0.1) is 11.6 Å². The van der Waals surface area contributed by atoms with E-state index in [1.165, 1.54) is 6.42 Å². The molecule has 3 unspecified atom stereocenters. The van der Waals surface area contributed by atoms with Crippen LogP contribution in [0.4, 0.5) is 0 Å². The molecule has 3 atom stereocenters. The first kappa shape index (κ1) is 11.2. The van der Waals surface area contributed by atoms with Gasteiger partial charge in [-0.2, -0.15) is 0 Å². The van der Waals surface area contributed by atoms with Crippen LogP contribution >= 0.6 is 11.6 Å². The summed E-state index contributed by atoms with van der Waals surface area (Å²) in [7, 11) is 0. The normalized spacial score (nSPS) is 33.3. The Morgan fingerprint density at radius 3 is 2.87 bits per heavy atom. The maximum atomic E-state index is 11.5. The monoisotopic (exact) mass is 231 g/mol. The number of carbonyl (C=O) groups excluding carboxylic acids is 1. The van der Waals surface area contributed by atoms with Crippen LogP contribution in [-0.2, 0) is 9.53 Å². The van der Waals surface area contributed by atoms with E-state index in [-0.39, 0.29) is 18.1 Å². The van der Waals surface area contributed by atoms with Crippen LogP contribution in [0.5, 0.6) is 0 Å². The Morgan fingerprint density at radius 2 is 2.27 bits per heavy atom. The predicted octanol–water partition coefficient (Wildman–Crippen LogP) is 1.83. The molecule has 2 aliphatic heterocycles. The fraction of sp³-hybridized carbons (Fsp3) is 0.909. The zero-order valence-electron chi connectivity index (χ0n) is 8.88. The minimum atomic E-state index is 0.154. The predicted molar refractivity (Wildman–Crippen MR) is 59.0 cm³/mol. The fourth-order valence-electron chi connectivity index (χ4n) is 2.45. The molecule has 2 heterocycles. The number of halogens is 1. The highest BCUT2D eigenvalue weighted by Gasteiger charge is 2.41. The highest BCUT2D eigenvalue weighted by atomic mass is 35.5. The number of nitrogens with one attached hydrogen (secondary N) is 1. The van der Waals surface area contributed by atoms with Crippen molar-refractivity contribution in [3.63, 3.8) is 0 Å². The molecule has 0 aromatic carbocycles. The van der Waals surface area contributed by atoms with E-state index in [0.29, 0.717) is 18.4 Å². The third kappa shape index (κ3) is 2.85. The van der Waals surface area contributed by atoms with Crippen LogP contribution in [0.1, 0.15) is 38.5 Å². The van der Waals surface area contributed by atoms with Crippen molar-refractivity contribution in [1.82, 2.24) is 5.32 Å². The maximum absolute atomic E-state index is 11.5. The van der Waals surface area contributed by atoms with E-state index in [9.17, 15) is 4.79 Å². The number of hydrogen-bond donors (Lipinski definition) is 1. The summed E-state index contributed by atoms with van der Waals surface area (Å²) in [4.78, 5) is 11.5. The Morgan fingerprint density at radius 1 is 1.40 bits per heavy atom. The quantitative estimate of drug-likeness (QED) is 0.579. The molecule has 0 aliphatic carbocycles. The molecule has 1 amide bonds. The van der Waals surface area contributed by atoms with E-state index in [1.807, 2.05) is 0 Å². The Hall–Kier alpha value is -0.280. The molecular weight excluding hydrogens is 214 g/mol. The first-order valence-electron chi connectivity index (χ1n) is 5.80. The second-order valence-electron chi connectivity index (χ2n) is 4.43. The second-order valence-corrected chi connectivity index (χ2v) is 4.81. The van der Waals surface area contributed by atoms with Crippen molar-refractivity contribution in [3.8, 4) is 0 Å². The summed E-state index contributed by atoms with van der Waals surface area (Å²) in [6.45, 7) is 0. The lowest BCUT2D eigenvalue weighted by Crippen LogP contribution is -2.41. The molecule has 1 N–H and O–H groups in total. The van der Waals surface area contributed by atoms with Gasteiger partial charge < -0.3 is 10.1 Å². The molecule has 0 spiro atoms. The zero-order valence-corrected chi connectivity index (χ0v) is 9.63. The number of unbranched alkanes of at least 4 members (excludes halogenated alkanes) is 1. The molecule has 2 rings (SSSR count). The third-order valence-electron chi connectivity index (χ3n) is 3.24. The summed E-state index contributed by atoms with van der Waals surface area (Å²) in [5, 5.41) is 3.06. The zero-order chi connectivity index (χ0) is 10.7. The number of ether oxygens (including phenoxy) is 1. The van der Waals surface area contributed by atoms with Crippen LogP contribution in [0, 0.1) is 0 Å². The topological polar surface area (TPSA) is 38.3 Å². The molecule has 0 radical (unpaired) electrons. The fourth-order valence-corrected chi connectivity index (χ4v) is 2.64. The van der Waals surface area contributed by atoms with Gasteiger partial charge in [0.05, 0.1) is 18.2 Å². The van der Waals surface area contributed by atoms with Crippen LogP contribution < -0.4 is 5.32 Å². The van der Waals surface area contributed by atoms with Gasteiger partial charge in [-0.25, -0.2) is 0 Å². The van der Waals surface area contributed by atoms with E-state index < -0.39 is 0 Å². The summed E-state index contributed by atoms with van der Waals surface area (Å²) in [6.07, 6.45) is 6.38. The van der Waals surface area contributed by atoms with Crippen molar-refractivity contribution in [2.75, 3.05) is 5.88 Å². The SMILES string of the molecule is O=C(CCCCCl)NC1CC2CCC1O2. The van der Waals surface area contributed by atoms with Gasteiger partial charge in [0.25, 0.3) is 0 Å². The number of fused-ring (bicyclic) bond motifs is 2. The average molecular weight is 232 g/mol. The van der Waals surface area contributed by atoms with Gasteiger partial charge in [0.2, 0.25) is 5.91 Å². The van der Waals surface area contributed by atoms with Gasteiger partial charge in [-0.3, -0.25) is 4.79 Å². The molecule has 2 aliphatic rings. The van der Waals surface area contributed by atoms with Crippen molar-refractivity contribution < 1.29 is 9.53 Å². The lowest BCUT2D eigenvalue weighted by molar-refractivity contribution is -0.122. The molecule has 15 heavy (non-hydrogen) atoms. The van der Waals surface area contributed by atoms with E-state index in [0.717, 1.165) is 25.7 Å². The Bertz CT molecular complexity index is 235. The third-order valence-corrected chi connectivity index (χ3v) is 3.51. The molecule has 0 aromatic rings. The molecule has 0 aromatic heterocycles. The lowest BCUT2D eigenvalue weighted by Gasteiger charge is -2.19. The maximum Gasteiger partial charge on any atom is 0.220 e. The van der Waals surface area contributed by atoms with Crippen LogP contribution in [0.15, 0.2) is 0 Å². The van der Waals surface area contributed by atoms with Crippen LogP contribution in [-0.4, -0.2) is 30.0 Å². The molecule has 3 nitrogen and oxygen atoms in total. The Kier molecular flexibility index (Phi) is 3.87. The van der Waals surface area contributed by atoms with Gasteiger partial charge in [0.1, 0.15) is 0 Å². The average Bonchev–Trinajstić information content (AvgIpc) is 2.79. The van der Waals surface area contributed by atoms with Crippen molar-refractivity contribution in [1.29, 1.82) is 0 Å². The summed E-state index contributed by atoms with van der Waals surface area (Å²) in [5.74, 6) is 0.797. The molecule has 86 valence electrons. The lowest BCUT2D eigenvalue weighted by atomic mass is 9.95. The van der Waals surface area contributed by atoms with E-state index in [2.05, 4.69) is 5.32 Å². The number of alkyl halides is 1. The largest absolute Gasteiger partial charge is 0.373 e. The molecule has 0 saturated carbocycles. The van der Waals surface area contributed by atoms with Crippen molar-refractivity contribution in [2.45, 2.75) is 56.8 Å². The van der Waals surface area contributed by atoms with Crippen molar-refractivity contribution in [2.24, 2.45) is 0 Å². The number of hydrogen-bond acceptors (Lipinski definition) is 2. The number of amides is 1. The first-order chi connectivity index (χ1) is 7.29. The minimum Gasteiger partial charge on any atom is -0.373 e. The number of carbonyl (C=O) groups is 1. The highest BCUT2D eigenvalue weighted by Crippen LogP contribution is 2.34. The standard InChI is InChI=1S/C11H18ClNO2/c12-6-2-1-3-11(14)13-9-7-8-4-5-10(9)15-8/h8-10H,1-7H2,(H,13,14). The van der Waals surface area contributed by atoms with Crippen LogP contribution in [0.3, 0.4) is 0 Å². The highest BCUT2D eigenvalue weighted by molar-refractivity contribution is 6.17. The van der Waals surface area contributed by atoms with Gasteiger partial charge in [-0.1, -0.05) is 0 Å². The minimum absolute atomic E-state index is 0.154. The van der Waals surface area contributed by atoms with Crippen molar-refractivity contribution in [3.05, 3.63) is 0 Å². The Balaban J connectivity index is 1.66. The van der Waals surface area contributed by atoms with E-state index >= 15 is 0 Å². The summed E-state index contributed by atoms with van der Waals surface area (Å²) in [5.41, 5.74) is 0. The van der Waals surface area contributed by atoms with E-state index in [1.54, 1.807) is 0 Å². The molecular formula is C11H18ClNO2. The summed E-state index contributed by atoms with van der Waals surface area (Å²) in [6, 6.07) is 0.271. The summed E-state index contributed by atoms with van der Waals surface area (Å²) >= 11 is 5.55.